The normalized spacial score (nSPS) is 20.2. The van der Waals surface area contributed by atoms with Crippen LogP contribution in [-0.4, -0.2) is 23.9 Å². The molecule has 1 heterocycles. The maximum Gasteiger partial charge on any atom is 0.233 e. The van der Waals surface area contributed by atoms with E-state index in [4.69, 9.17) is 0 Å². The van der Waals surface area contributed by atoms with Gasteiger partial charge in [-0.1, -0.05) is 73.5 Å². The molecule has 1 saturated carbocycles. The maximum atomic E-state index is 13.5. The van der Waals surface area contributed by atoms with Crippen LogP contribution in [0.4, 0.5) is 0 Å². The second kappa shape index (κ2) is 7.65. The molecule has 136 valence electrons. The van der Waals surface area contributed by atoms with Crippen LogP contribution in [0.15, 0.2) is 60.7 Å². The molecule has 2 nitrogen and oxygen atoms in total. The molecule has 0 radical (unpaired) electrons. The Morgan fingerprint density at radius 1 is 0.885 bits per heavy atom. The average Bonchev–Trinajstić information content (AvgIpc) is 3.21. The highest BCUT2D eigenvalue weighted by Gasteiger charge is 2.45. The molecule has 1 aliphatic heterocycles. The van der Waals surface area contributed by atoms with Crippen LogP contribution in [0.1, 0.15) is 49.7 Å². The number of carbonyl (C=O) groups excluding carboxylic acids is 1. The van der Waals surface area contributed by atoms with Crippen molar-refractivity contribution >= 4 is 5.91 Å². The van der Waals surface area contributed by atoms with Crippen LogP contribution >= 0.6 is 0 Å². The summed E-state index contributed by atoms with van der Waals surface area (Å²) in [4.78, 5) is 15.7. The Morgan fingerprint density at radius 2 is 1.46 bits per heavy atom. The van der Waals surface area contributed by atoms with Crippen molar-refractivity contribution in [1.29, 1.82) is 0 Å². The fourth-order valence-corrected chi connectivity index (χ4v) is 4.95. The SMILES string of the molecule is O=C(N1CCC(Cc2ccccc2)CC1)C1(c2ccccc2)CCCC1. The Balaban J connectivity index is 1.42. The first kappa shape index (κ1) is 17.3. The summed E-state index contributed by atoms with van der Waals surface area (Å²) in [6, 6.07) is 21.3. The minimum absolute atomic E-state index is 0.256. The molecule has 4 rings (SSSR count). The molecule has 1 amide bonds. The highest BCUT2D eigenvalue weighted by atomic mass is 16.2. The van der Waals surface area contributed by atoms with Crippen molar-refractivity contribution in [3.63, 3.8) is 0 Å². The standard InChI is InChI=1S/C24H29NO/c26-23(24(15-7-8-16-24)22-11-5-2-6-12-22)25-17-13-21(14-18-25)19-20-9-3-1-4-10-20/h1-6,9-12,21H,7-8,13-19H2. The zero-order valence-corrected chi connectivity index (χ0v) is 15.6. The second-order valence-corrected chi connectivity index (χ2v) is 8.08. The van der Waals surface area contributed by atoms with Gasteiger partial charge in [-0.05, 0) is 49.1 Å². The molecule has 0 atom stereocenters. The molecule has 0 aromatic heterocycles. The predicted octanol–water partition coefficient (Wildman–Crippen LogP) is 4.98. The summed E-state index contributed by atoms with van der Waals surface area (Å²) in [5.41, 5.74) is 2.40. The molecule has 2 aliphatic rings. The maximum absolute atomic E-state index is 13.5. The monoisotopic (exact) mass is 347 g/mol. The summed E-state index contributed by atoms with van der Waals surface area (Å²) in [7, 11) is 0. The lowest BCUT2D eigenvalue weighted by atomic mass is 9.77. The lowest BCUT2D eigenvalue weighted by Gasteiger charge is -2.39. The third-order valence-corrected chi connectivity index (χ3v) is 6.46. The molecule has 0 N–H and O–H groups in total. The van der Waals surface area contributed by atoms with E-state index in [0.29, 0.717) is 11.8 Å². The van der Waals surface area contributed by atoms with E-state index < -0.39 is 0 Å². The van der Waals surface area contributed by atoms with Gasteiger partial charge in [0.05, 0.1) is 5.41 Å². The fraction of sp³-hybridized carbons (Fsp3) is 0.458. The number of hydrogen-bond donors (Lipinski definition) is 0. The summed E-state index contributed by atoms with van der Waals surface area (Å²) in [6.45, 7) is 1.84. The van der Waals surface area contributed by atoms with Crippen molar-refractivity contribution in [3.05, 3.63) is 71.8 Å². The average molecular weight is 348 g/mol. The summed E-state index contributed by atoms with van der Waals surface area (Å²) >= 11 is 0. The van der Waals surface area contributed by atoms with Crippen LogP contribution in [0, 0.1) is 5.92 Å². The van der Waals surface area contributed by atoms with E-state index in [-0.39, 0.29) is 5.41 Å². The van der Waals surface area contributed by atoms with Crippen LogP contribution < -0.4 is 0 Å². The Kier molecular flexibility index (Phi) is 5.10. The molecule has 0 spiro atoms. The molecule has 2 fully saturated rings. The molecule has 0 bridgehead atoms. The number of benzene rings is 2. The Bertz CT molecular complexity index is 710. The molecule has 1 aliphatic carbocycles. The van der Waals surface area contributed by atoms with Crippen molar-refractivity contribution in [2.75, 3.05) is 13.1 Å². The summed E-state index contributed by atoms with van der Waals surface area (Å²) in [6.07, 6.45) is 7.78. The highest BCUT2D eigenvalue weighted by molar-refractivity contribution is 5.88. The summed E-state index contributed by atoms with van der Waals surface area (Å²) in [5, 5.41) is 0. The fourth-order valence-electron chi connectivity index (χ4n) is 4.95. The van der Waals surface area contributed by atoms with Gasteiger partial charge in [0.2, 0.25) is 5.91 Å². The molecule has 2 aromatic carbocycles. The number of carbonyl (C=O) groups is 1. The van der Waals surface area contributed by atoms with E-state index in [2.05, 4.69) is 59.5 Å². The van der Waals surface area contributed by atoms with Crippen molar-refractivity contribution < 1.29 is 4.79 Å². The number of likely N-dealkylation sites (tertiary alicyclic amines) is 1. The number of hydrogen-bond acceptors (Lipinski definition) is 1. The van der Waals surface area contributed by atoms with E-state index in [0.717, 1.165) is 45.2 Å². The molecular weight excluding hydrogens is 318 g/mol. The van der Waals surface area contributed by atoms with Crippen molar-refractivity contribution in [2.24, 2.45) is 5.92 Å². The van der Waals surface area contributed by atoms with Gasteiger partial charge in [0, 0.05) is 13.1 Å². The molecule has 2 aromatic rings. The van der Waals surface area contributed by atoms with Gasteiger partial charge in [0.1, 0.15) is 0 Å². The lowest BCUT2D eigenvalue weighted by molar-refractivity contribution is -0.138. The number of rotatable bonds is 4. The molecule has 0 unspecified atom stereocenters. The zero-order chi connectivity index (χ0) is 17.8. The van der Waals surface area contributed by atoms with E-state index in [1.54, 1.807) is 0 Å². The van der Waals surface area contributed by atoms with E-state index in [1.165, 1.54) is 24.0 Å². The topological polar surface area (TPSA) is 20.3 Å². The molecule has 1 saturated heterocycles. The lowest BCUT2D eigenvalue weighted by Crippen LogP contribution is -2.48. The minimum Gasteiger partial charge on any atom is -0.342 e. The third-order valence-electron chi connectivity index (χ3n) is 6.46. The zero-order valence-electron chi connectivity index (χ0n) is 15.6. The van der Waals surface area contributed by atoms with Crippen LogP contribution in [-0.2, 0) is 16.6 Å². The molecule has 2 heteroatoms. The number of nitrogens with zero attached hydrogens (tertiary/aromatic N) is 1. The van der Waals surface area contributed by atoms with E-state index in [9.17, 15) is 4.79 Å². The van der Waals surface area contributed by atoms with Crippen LogP contribution in [0.2, 0.25) is 0 Å². The summed E-state index contributed by atoms with van der Waals surface area (Å²) < 4.78 is 0. The first-order valence-electron chi connectivity index (χ1n) is 10.2. The molecule has 26 heavy (non-hydrogen) atoms. The van der Waals surface area contributed by atoms with Crippen LogP contribution in [0.25, 0.3) is 0 Å². The van der Waals surface area contributed by atoms with E-state index in [1.807, 2.05) is 6.07 Å². The number of amides is 1. The van der Waals surface area contributed by atoms with Gasteiger partial charge in [0.25, 0.3) is 0 Å². The highest BCUT2D eigenvalue weighted by Crippen LogP contribution is 2.43. The predicted molar refractivity (Wildman–Crippen MR) is 106 cm³/mol. The van der Waals surface area contributed by atoms with Gasteiger partial charge in [-0.15, -0.1) is 0 Å². The third kappa shape index (κ3) is 3.42. The summed E-state index contributed by atoms with van der Waals surface area (Å²) in [5.74, 6) is 1.09. The first-order valence-corrected chi connectivity index (χ1v) is 10.2. The van der Waals surface area contributed by atoms with Gasteiger partial charge < -0.3 is 4.90 Å². The van der Waals surface area contributed by atoms with Gasteiger partial charge in [0.15, 0.2) is 0 Å². The minimum atomic E-state index is -0.256. The first-order chi connectivity index (χ1) is 12.8. The van der Waals surface area contributed by atoms with Crippen molar-refractivity contribution in [2.45, 2.75) is 50.4 Å². The Hall–Kier alpha value is -2.09. The van der Waals surface area contributed by atoms with Gasteiger partial charge in [-0.25, -0.2) is 0 Å². The Morgan fingerprint density at radius 3 is 2.08 bits per heavy atom. The Labute approximate surface area is 157 Å². The van der Waals surface area contributed by atoms with Crippen LogP contribution in [0.3, 0.4) is 0 Å². The molecular formula is C24H29NO. The number of piperidine rings is 1. The quantitative estimate of drug-likeness (QED) is 0.764. The largest absolute Gasteiger partial charge is 0.342 e. The van der Waals surface area contributed by atoms with Gasteiger partial charge in [-0.2, -0.15) is 0 Å². The smallest absolute Gasteiger partial charge is 0.233 e. The van der Waals surface area contributed by atoms with Crippen molar-refractivity contribution in [1.82, 2.24) is 4.90 Å². The van der Waals surface area contributed by atoms with Crippen LogP contribution in [0.5, 0.6) is 0 Å². The van der Waals surface area contributed by atoms with Gasteiger partial charge >= 0.3 is 0 Å². The van der Waals surface area contributed by atoms with E-state index >= 15 is 0 Å². The van der Waals surface area contributed by atoms with Gasteiger partial charge in [-0.3, -0.25) is 4.79 Å². The second-order valence-electron chi connectivity index (χ2n) is 8.08. The van der Waals surface area contributed by atoms with Crippen molar-refractivity contribution in [3.8, 4) is 0 Å².